The van der Waals surface area contributed by atoms with Gasteiger partial charge in [-0.15, -0.1) is 0 Å². The van der Waals surface area contributed by atoms with Gasteiger partial charge in [0.05, 0.1) is 0 Å². The van der Waals surface area contributed by atoms with Crippen LogP contribution < -0.4 is 0 Å². The van der Waals surface area contributed by atoms with Crippen LogP contribution in [0.25, 0.3) is 0 Å². The maximum Gasteiger partial charge on any atom is 0.545 e. The molecule has 0 aromatic carbocycles. The van der Waals surface area contributed by atoms with Crippen molar-refractivity contribution in [3.8, 4) is 0 Å². The molecule has 0 atom stereocenters. The predicted octanol–water partition coefficient (Wildman–Crippen LogP) is 0.0751. The first-order valence-corrected chi connectivity index (χ1v) is 2.44. The third kappa shape index (κ3) is 1.11. The molecule has 0 aliphatic heterocycles. The van der Waals surface area contributed by atoms with E-state index in [-0.39, 0.29) is 12.4 Å². The van der Waals surface area contributed by atoms with E-state index in [0.29, 0.717) is 0 Å². The molecule has 0 saturated heterocycles. The lowest BCUT2D eigenvalue weighted by molar-refractivity contribution is -0.407. The van der Waals surface area contributed by atoms with Crippen LogP contribution in [-0.4, -0.2) is 15.0 Å². The van der Waals surface area contributed by atoms with Crippen molar-refractivity contribution in [3.63, 3.8) is 0 Å². The minimum atomic E-state index is -0.765. The van der Waals surface area contributed by atoms with Gasteiger partial charge >= 0.3 is 6.01 Å². The van der Waals surface area contributed by atoms with Gasteiger partial charge in [0.15, 0.2) is 12.0 Å². The molecule has 0 radical (unpaired) electrons. The van der Waals surface area contributed by atoms with E-state index in [1.54, 1.807) is 0 Å². The summed E-state index contributed by atoms with van der Waals surface area (Å²) in [5, 5.41) is 18.3. The second kappa shape index (κ2) is 2.44. The van der Waals surface area contributed by atoms with Gasteiger partial charge in [-0.3, -0.25) is 0 Å². The van der Waals surface area contributed by atoms with Crippen molar-refractivity contribution in [2.45, 2.75) is 6.61 Å². The van der Waals surface area contributed by atoms with Crippen LogP contribution in [0.3, 0.4) is 0 Å². The highest BCUT2D eigenvalue weighted by Gasteiger charge is 2.13. The van der Waals surface area contributed by atoms with Crippen LogP contribution in [0.4, 0.5) is 6.01 Å². The van der Waals surface area contributed by atoms with Crippen molar-refractivity contribution in [2.24, 2.45) is 0 Å². The molecule has 0 bridgehead atoms. The van der Waals surface area contributed by atoms with Crippen molar-refractivity contribution in [2.75, 3.05) is 0 Å². The smallest absolute Gasteiger partial charge is 0.388 e. The van der Waals surface area contributed by atoms with E-state index >= 15 is 0 Å². The molecule has 10 heavy (non-hydrogen) atoms. The van der Waals surface area contributed by atoms with Crippen molar-refractivity contribution in [3.05, 3.63) is 22.1 Å². The lowest BCUT2D eigenvalue weighted by Crippen LogP contribution is -1.85. The zero-order valence-electron chi connectivity index (χ0n) is 4.85. The Morgan fingerprint density at radius 3 is 2.90 bits per heavy atom. The number of aromatic nitrogens is 1. The van der Waals surface area contributed by atoms with E-state index in [0.717, 1.165) is 6.20 Å². The summed E-state index contributed by atoms with van der Waals surface area (Å²) in [6, 6.07) is -0.593. The summed E-state index contributed by atoms with van der Waals surface area (Å²) in [4.78, 5) is 12.4. The average Bonchev–Trinajstić information content (AvgIpc) is 2.34. The number of oxazole rings is 1. The molecule has 1 heterocycles. The largest absolute Gasteiger partial charge is 0.545 e. The monoisotopic (exact) mass is 144 g/mol. The number of hydrogen-bond acceptors (Lipinski definition) is 5. The molecule has 1 rings (SSSR count). The number of rotatable bonds is 2. The second-order valence-electron chi connectivity index (χ2n) is 1.52. The highest BCUT2D eigenvalue weighted by Crippen LogP contribution is 2.09. The first kappa shape index (κ1) is 6.69. The molecule has 0 spiro atoms. The molecule has 1 N–H and O–H groups in total. The van der Waals surface area contributed by atoms with Gasteiger partial charge < -0.3 is 19.6 Å². The molecule has 0 saturated carbocycles. The van der Waals surface area contributed by atoms with Crippen LogP contribution in [0.15, 0.2) is 10.6 Å². The number of hydrogen-bond donors (Lipinski definition) is 1. The molecule has 0 aliphatic rings. The fourth-order valence-electron chi connectivity index (χ4n) is 0.455. The Kier molecular flexibility index (Phi) is 1.63. The average molecular weight is 144 g/mol. The minimum Gasteiger partial charge on any atom is -0.388 e. The van der Waals surface area contributed by atoms with Gasteiger partial charge in [-0.1, -0.05) is 0 Å². The topological polar surface area (TPSA) is 89.4 Å². The summed E-state index contributed by atoms with van der Waals surface area (Å²) in [6.07, 6.45) is 1.11. The normalized spacial score (nSPS) is 9.70. The van der Waals surface area contributed by atoms with E-state index in [1.165, 1.54) is 0 Å². The van der Waals surface area contributed by atoms with Crippen molar-refractivity contribution < 1.29 is 14.4 Å². The summed E-state index contributed by atoms with van der Waals surface area (Å²) in [5.41, 5.74) is 0. The van der Waals surface area contributed by atoms with Crippen LogP contribution in [-0.2, 0) is 6.61 Å². The van der Waals surface area contributed by atoms with Crippen molar-refractivity contribution in [1.29, 1.82) is 0 Å². The molecular formula is C4H4N2O4. The molecule has 1 aromatic rings. The van der Waals surface area contributed by atoms with E-state index in [9.17, 15) is 10.1 Å². The minimum absolute atomic E-state index is 0.0895. The van der Waals surface area contributed by atoms with Crippen LogP contribution in [0.5, 0.6) is 0 Å². The molecule has 1 aromatic heterocycles. The van der Waals surface area contributed by atoms with Gasteiger partial charge in [0.1, 0.15) is 6.61 Å². The number of nitrogens with zero attached hydrogens (tertiary/aromatic N) is 2. The molecule has 0 unspecified atom stereocenters. The van der Waals surface area contributed by atoms with Crippen molar-refractivity contribution in [1.82, 2.24) is 4.98 Å². The lowest BCUT2D eigenvalue weighted by atomic mass is 10.6. The van der Waals surface area contributed by atoms with E-state index in [4.69, 9.17) is 5.11 Å². The fraction of sp³-hybridized carbons (Fsp3) is 0.250. The Labute approximate surface area is 55.3 Å². The van der Waals surface area contributed by atoms with Gasteiger partial charge in [-0.05, 0) is 4.98 Å². The van der Waals surface area contributed by atoms with E-state index < -0.39 is 10.9 Å². The van der Waals surface area contributed by atoms with Gasteiger partial charge in [-0.25, -0.2) is 0 Å². The third-order valence-electron chi connectivity index (χ3n) is 0.853. The highest BCUT2D eigenvalue weighted by molar-refractivity contribution is 5.01. The molecule has 0 fully saturated rings. The summed E-state index contributed by atoms with van der Waals surface area (Å²) >= 11 is 0. The number of aliphatic hydroxyl groups excluding tert-OH is 1. The van der Waals surface area contributed by atoms with E-state index in [1.807, 2.05) is 0 Å². The molecule has 0 aliphatic carbocycles. The Hall–Kier alpha value is -1.43. The van der Waals surface area contributed by atoms with Crippen LogP contribution in [0.2, 0.25) is 0 Å². The fourth-order valence-corrected chi connectivity index (χ4v) is 0.455. The second-order valence-corrected chi connectivity index (χ2v) is 1.52. The maximum absolute atomic E-state index is 9.90. The number of nitro groups is 1. The zero-order chi connectivity index (χ0) is 7.56. The summed E-state index contributed by atoms with van der Waals surface area (Å²) in [7, 11) is 0. The van der Waals surface area contributed by atoms with Crippen LogP contribution in [0.1, 0.15) is 5.76 Å². The Morgan fingerprint density at radius 2 is 2.60 bits per heavy atom. The Bertz CT molecular complexity index is 243. The molecule has 6 nitrogen and oxygen atoms in total. The van der Waals surface area contributed by atoms with Gasteiger partial charge in [0.2, 0.25) is 0 Å². The lowest BCUT2D eigenvalue weighted by Gasteiger charge is -1.82. The summed E-state index contributed by atoms with van der Waals surface area (Å²) < 4.78 is 4.43. The van der Waals surface area contributed by atoms with E-state index in [2.05, 4.69) is 9.40 Å². The van der Waals surface area contributed by atoms with Crippen LogP contribution in [0, 0.1) is 10.1 Å². The number of aliphatic hydroxyl groups is 1. The van der Waals surface area contributed by atoms with Gasteiger partial charge in [0.25, 0.3) is 0 Å². The zero-order valence-corrected chi connectivity index (χ0v) is 4.85. The molecule has 54 valence electrons. The standard InChI is InChI=1S/C4H4N2O4/c7-2-3-1-5-4(10-3)6(8)9/h1,7H,2H2. The summed E-state index contributed by atoms with van der Waals surface area (Å²) in [6.45, 7) is -0.374. The molecule has 0 amide bonds. The van der Waals surface area contributed by atoms with Crippen LogP contribution >= 0.6 is 0 Å². The Morgan fingerprint density at radius 1 is 1.90 bits per heavy atom. The quantitative estimate of drug-likeness (QED) is 0.468. The first-order valence-electron chi connectivity index (χ1n) is 2.44. The van der Waals surface area contributed by atoms with Gasteiger partial charge in [0, 0.05) is 4.92 Å². The predicted molar refractivity (Wildman–Crippen MR) is 29.1 cm³/mol. The third-order valence-corrected chi connectivity index (χ3v) is 0.853. The Balaban J connectivity index is 2.88. The highest BCUT2D eigenvalue weighted by atomic mass is 16.7. The first-order chi connectivity index (χ1) is 4.74. The molecular weight excluding hydrogens is 140 g/mol. The van der Waals surface area contributed by atoms with Crippen molar-refractivity contribution >= 4 is 6.01 Å². The maximum atomic E-state index is 9.90. The SMILES string of the molecule is O=[N+]([O-])c1ncc(CO)o1. The van der Waals surface area contributed by atoms with Gasteiger partial charge in [-0.2, -0.15) is 0 Å². The summed E-state index contributed by atoms with van der Waals surface area (Å²) in [5.74, 6) is 0.0895. The molecule has 6 heteroatoms.